The molecule has 0 amide bonds. The van der Waals surface area contributed by atoms with Crippen molar-refractivity contribution in [3.8, 4) is 11.4 Å². The maximum Gasteiger partial charge on any atom is 0.375 e. The number of ether oxygens (including phenoxy) is 1. The monoisotopic (exact) mass is 246 g/mol. The second kappa shape index (κ2) is 4.95. The molecule has 94 valence electrons. The van der Waals surface area contributed by atoms with Crippen molar-refractivity contribution in [2.75, 3.05) is 6.61 Å². The van der Waals surface area contributed by atoms with Gasteiger partial charge in [-0.05, 0) is 32.9 Å². The van der Waals surface area contributed by atoms with Crippen molar-refractivity contribution in [2.24, 2.45) is 0 Å². The standard InChI is InChI=1S/C12H14N4O2/c1-4-18-12(17)11-14-10(15-16-11)9-6-5-7(2)13-8(9)3/h5-6H,4H2,1-3H3,(H,14,15,16). The molecule has 6 nitrogen and oxygen atoms in total. The first-order valence-electron chi connectivity index (χ1n) is 5.66. The minimum Gasteiger partial charge on any atom is -0.460 e. The van der Waals surface area contributed by atoms with Crippen LogP contribution in [-0.4, -0.2) is 32.7 Å². The molecule has 0 fully saturated rings. The van der Waals surface area contributed by atoms with Gasteiger partial charge in [-0.15, -0.1) is 0 Å². The summed E-state index contributed by atoms with van der Waals surface area (Å²) in [5, 5.41) is 6.57. The zero-order chi connectivity index (χ0) is 13.1. The first-order chi connectivity index (χ1) is 8.61. The summed E-state index contributed by atoms with van der Waals surface area (Å²) in [6.07, 6.45) is 0. The van der Waals surface area contributed by atoms with E-state index in [0.717, 1.165) is 17.0 Å². The fourth-order valence-electron chi connectivity index (χ4n) is 1.60. The Morgan fingerprint density at radius 3 is 2.78 bits per heavy atom. The lowest BCUT2D eigenvalue weighted by atomic mass is 10.2. The number of nitrogens with zero attached hydrogens (tertiary/aromatic N) is 3. The largest absolute Gasteiger partial charge is 0.460 e. The van der Waals surface area contributed by atoms with Gasteiger partial charge >= 0.3 is 5.97 Å². The van der Waals surface area contributed by atoms with Crippen LogP contribution >= 0.6 is 0 Å². The number of aromatic nitrogens is 4. The van der Waals surface area contributed by atoms with Crippen LogP contribution in [0.15, 0.2) is 12.1 Å². The topological polar surface area (TPSA) is 80.8 Å². The van der Waals surface area contributed by atoms with Crippen LogP contribution in [0.1, 0.15) is 28.9 Å². The van der Waals surface area contributed by atoms with Gasteiger partial charge in [-0.3, -0.25) is 10.1 Å². The number of esters is 1. The highest BCUT2D eigenvalue weighted by molar-refractivity contribution is 5.85. The predicted octanol–water partition coefficient (Wildman–Crippen LogP) is 1.66. The molecule has 0 atom stereocenters. The van der Waals surface area contributed by atoms with Crippen LogP contribution in [0.3, 0.4) is 0 Å². The SMILES string of the molecule is CCOC(=O)c1nc(-c2ccc(C)nc2C)n[nH]1. The van der Waals surface area contributed by atoms with Gasteiger partial charge in [0.1, 0.15) is 0 Å². The van der Waals surface area contributed by atoms with Crippen molar-refractivity contribution >= 4 is 5.97 Å². The van der Waals surface area contributed by atoms with Crippen molar-refractivity contribution in [2.45, 2.75) is 20.8 Å². The first kappa shape index (κ1) is 12.2. The number of H-pyrrole nitrogens is 1. The van der Waals surface area contributed by atoms with Crippen LogP contribution in [-0.2, 0) is 4.74 Å². The van der Waals surface area contributed by atoms with E-state index in [1.165, 1.54) is 0 Å². The predicted molar refractivity (Wildman–Crippen MR) is 65.0 cm³/mol. The van der Waals surface area contributed by atoms with Crippen LogP contribution < -0.4 is 0 Å². The van der Waals surface area contributed by atoms with Gasteiger partial charge in [0.25, 0.3) is 0 Å². The second-order valence-corrected chi connectivity index (χ2v) is 3.81. The highest BCUT2D eigenvalue weighted by Crippen LogP contribution is 2.18. The van der Waals surface area contributed by atoms with Crippen LogP contribution in [0.5, 0.6) is 0 Å². The average Bonchev–Trinajstić information content (AvgIpc) is 2.78. The summed E-state index contributed by atoms with van der Waals surface area (Å²) in [5.74, 6) is 0.0452. The molecule has 1 N–H and O–H groups in total. The molecule has 6 heteroatoms. The summed E-state index contributed by atoms with van der Waals surface area (Å²) in [5.41, 5.74) is 2.55. The Labute approximate surface area is 104 Å². The van der Waals surface area contributed by atoms with E-state index in [9.17, 15) is 4.79 Å². The van der Waals surface area contributed by atoms with E-state index in [1.54, 1.807) is 6.92 Å². The normalized spacial score (nSPS) is 10.4. The fourth-order valence-corrected chi connectivity index (χ4v) is 1.60. The minimum atomic E-state index is -0.506. The van der Waals surface area contributed by atoms with E-state index in [2.05, 4.69) is 20.2 Å². The Bertz CT molecular complexity index is 577. The van der Waals surface area contributed by atoms with E-state index in [-0.39, 0.29) is 5.82 Å². The van der Waals surface area contributed by atoms with Gasteiger partial charge < -0.3 is 4.74 Å². The zero-order valence-electron chi connectivity index (χ0n) is 10.5. The number of rotatable bonds is 3. The average molecular weight is 246 g/mol. The van der Waals surface area contributed by atoms with Gasteiger partial charge in [-0.2, -0.15) is 5.10 Å². The van der Waals surface area contributed by atoms with Crippen molar-refractivity contribution in [3.05, 3.63) is 29.3 Å². The number of hydrogen-bond donors (Lipinski definition) is 1. The molecule has 2 aromatic heterocycles. The molecule has 0 aliphatic rings. The summed E-state index contributed by atoms with van der Waals surface area (Å²) in [6.45, 7) is 5.84. The van der Waals surface area contributed by atoms with Gasteiger partial charge in [-0.25, -0.2) is 9.78 Å². The Morgan fingerprint density at radius 2 is 2.11 bits per heavy atom. The molecule has 0 saturated carbocycles. The summed E-state index contributed by atoms with van der Waals surface area (Å²) in [7, 11) is 0. The van der Waals surface area contributed by atoms with E-state index in [1.807, 2.05) is 26.0 Å². The molecule has 2 rings (SSSR count). The molecule has 0 aromatic carbocycles. The molecule has 2 heterocycles. The second-order valence-electron chi connectivity index (χ2n) is 3.81. The van der Waals surface area contributed by atoms with Crippen LogP contribution in [0.2, 0.25) is 0 Å². The molecule has 0 aliphatic heterocycles. The fraction of sp³-hybridized carbons (Fsp3) is 0.333. The number of nitrogens with one attached hydrogen (secondary N) is 1. The molecule has 0 spiro atoms. The Kier molecular flexibility index (Phi) is 3.36. The third-order valence-corrected chi connectivity index (χ3v) is 2.42. The van der Waals surface area contributed by atoms with E-state index in [4.69, 9.17) is 4.74 Å². The molecule has 2 aromatic rings. The van der Waals surface area contributed by atoms with Gasteiger partial charge in [0, 0.05) is 17.0 Å². The first-order valence-corrected chi connectivity index (χ1v) is 5.66. The van der Waals surface area contributed by atoms with Crippen LogP contribution in [0.25, 0.3) is 11.4 Å². The maximum absolute atomic E-state index is 11.5. The van der Waals surface area contributed by atoms with Gasteiger partial charge in [0.15, 0.2) is 5.82 Å². The van der Waals surface area contributed by atoms with Gasteiger partial charge in [0.05, 0.1) is 6.61 Å². The number of pyridine rings is 1. The number of carbonyl (C=O) groups excluding carboxylic acids is 1. The molecule has 0 unspecified atom stereocenters. The quantitative estimate of drug-likeness (QED) is 0.833. The number of aryl methyl sites for hydroxylation is 2. The molecule has 0 saturated heterocycles. The molecule has 0 radical (unpaired) electrons. The third kappa shape index (κ3) is 2.37. The number of hydrogen-bond acceptors (Lipinski definition) is 5. The number of aromatic amines is 1. The van der Waals surface area contributed by atoms with Crippen LogP contribution in [0.4, 0.5) is 0 Å². The van der Waals surface area contributed by atoms with Gasteiger partial charge in [0.2, 0.25) is 5.82 Å². The van der Waals surface area contributed by atoms with Crippen molar-refractivity contribution in [1.29, 1.82) is 0 Å². The summed E-state index contributed by atoms with van der Waals surface area (Å²) in [6, 6.07) is 3.76. The molecular weight excluding hydrogens is 232 g/mol. The van der Waals surface area contributed by atoms with E-state index >= 15 is 0 Å². The smallest absolute Gasteiger partial charge is 0.375 e. The molecule has 18 heavy (non-hydrogen) atoms. The lowest BCUT2D eigenvalue weighted by molar-refractivity contribution is 0.0512. The van der Waals surface area contributed by atoms with Gasteiger partial charge in [-0.1, -0.05) is 0 Å². The highest BCUT2D eigenvalue weighted by atomic mass is 16.5. The summed E-state index contributed by atoms with van der Waals surface area (Å²) < 4.78 is 4.84. The van der Waals surface area contributed by atoms with Crippen LogP contribution in [0, 0.1) is 13.8 Å². The lowest BCUT2D eigenvalue weighted by Crippen LogP contribution is -2.06. The van der Waals surface area contributed by atoms with E-state index in [0.29, 0.717) is 12.4 Å². The van der Waals surface area contributed by atoms with Crippen molar-refractivity contribution in [1.82, 2.24) is 20.2 Å². The van der Waals surface area contributed by atoms with E-state index < -0.39 is 5.97 Å². The van der Waals surface area contributed by atoms with Crippen molar-refractivity contribution < 1.29 is 9.53 Å². The molecule has 0 aliphatic carbocycles. The summed E-state index contributed by atoms with van der Waals surface area (Å²) in [4.78, 5) is 19.9. The zero-order valence-corrected chi connectivity index (χ0v) is 10.5. The minimum absolute atomic E-state index is 0.104. The highest BCUT2D eigenvalue weighted by Gasteiger charge is 2.15. The van der Waals surface area contributed by atoms with Crippen molar-refractivity contribution in [3.63, 3.8) is 0 Å². The number of carbonyl (C=O) groups is 1. The molecule has 0 bridgehead atoms. The Balaban J connectivity index is 2.32. The maximum atomic E-state index is 11.5. The Hall–Kier alpha value is -2.24. The third-order valence-electron chi connectivity index (χ3n) is 2.42. The Morgan fingerprint density at radius 1 is 1.33 bits per heavy atom. The summed E-state index contributed by atoms with van der Waals surface area (Å²) >= 11 is 0. The molecular formula is C12H14N4O2. The lowest BCUT2D eigenvalue weighted by Gasteiger charge is -2.01.